The summed E-state index contributed by atoms with van der Waals surface area (Å²) in [5.74, 6) is -1.05. The van der Waals surface area contributed by atoms with Gasteiger partial charge in [-0.25, -0.2) is 15.0 Å². The van der Waals surface area contributed by atoms with Crippen LogP contribution in [0.2, 0.25) is 0 Å². The maximum absolute atomic E-state index is 13.6. The Hall–Kier alpha value is -4.17. The van der Waals surface area contributed by atoms with E-state index in [1.54, 1.807) is 0 Å². The lowest BCUT2D eigenvalue weighted by Crippen LogP contribution is -2.34. The summed E-state index contributed by atoms with van der Waals surface area (Å²) in [6.45, 7) is -0.603. The van der Waals surface area contributed by atoms with Crippen molar-refractivity contribution in [2.75, 3.05) is 11.9 Å². The molecular weight excluding hydrogens is 470 g/mol. The minimum Gasteiger partial charge on any atom is -0.366 e. The monoisotopic (exact) mass is 482 g/mol. The Morgan fingerprint density at radius 1 is 1.09 bits per heavy atom. The third-order valence-corrected chi connectivity index (χ3v) is 4.62. The van der Waals surface area contributed by atoms with Crippen molar-refractivity contribution in [1.29, 1.82) is 0 Å². The highest BCUT2D eigenvalue weighted by atomic mass is 19.4. The second-order valence-corrected chi connectivity index (χ2v) is 6.95. The molecule has 0 aliphatic carbocycles. The van der Waals surface area contributed by atoms with Crippen LogP contribution in [0.3, 0.4) is 0 Å². The number of nitrogens with two attached hydrogens (primary N) is 1. The number of primary amides is 1. The zero-order chi connectivity index (χ0) is 24.7. The minimum atomic E-state index is -4.87. The van der Waals surface area contributed by atoms with Gasteiger partial charge in [-0.05, 0) is 12.1 Å². The molecule has 4 heterocycles. The Kier molecular flexibility index (Phi) is 5.62. The summed E-state index contributed by atoms with van der Waals surface area (Å²) in [5.41, 5.74) is 2.80. The molecule has 34 heavy (non-hydrogen) atoms. The van der Waals surface area contributed by atoms with Gasteiger partial charge in [-0.3, -0.25) is 19.8 Å². The zero-order valence-electron chi connectivity index (χ0n) is 16.7. The molecule has 4 rings (SSSR count). The number of aliphatic imine (C=N–C) groups is 2. The fourth-order valence-corrected chi connectivity index (χ4v) is 2.99. The van der Waals surface area contributed by atoms with Gasteiger partial charge in [-0.15, -0.1) is 0 Å². The number of fused-ring (bicyclic) bond motifs is 1. The first-order valence-corrected chi connectivity index (χ1v) is 9.34. The van der Waals surface area contributed by atoms with Gasteiger partial charge in [-0.2, -0.15) is 26.3 Å². The van der Waals surface area contributed by atoms with Crippen LogP contribution in [0.1, 0.15) is 15.9 Å². The largest absolute Gasteiger partial charge is 0.418 e. The Morgan fingerprint density at radius 2 is 1.85 bits per heavy atom. The number of hydrogen-bond donors (Lipinski definition) is 2. The number of aromatic nitrogens is 4. The molecule has 0 saturated heterocycles. The number of carbonyl (C=O) groups excluding carboxylic acids is 1. The van der Waals surface area contributed by atoms with Gasteiger partial charge in [0.2, 0.25) is 5.91 Å². The van der Waals surface area contributed by atoms with Gasteiger partial charge in [0, 0.05) is 12.4 Å². The summed E-state index contributed by atoms with van der Waals surface area (Å²) >= 11 is 0. The predicted octanol–water partition coefficient (Wildman–Crippen LogP) is 3.03. The highest BCUT2D eigenvalue weighted by molar-refractivity contribution is 6.35. The summed E-state index contributed by atoms with van der Waals surface area (Å²) in [5, 5.41) is 2.75. The Morgan fingerprint density at radius 3 is 2.47 bits per heavy atom. The van der Waals surface area contributed by atoms with Gasteiger partial charge < -0.3 is 11.1 Å². The highest BCUT2D eigenvalue weighted by Crippen LogP contribution is 2.36. The van der Waals surface area contributed by atoms with Crippen LogP contribution >= 0.6 is 0 Å². The molecule has 0 aromatic carbocycles. The minimum absolute atomic E-state index is 0.0296. The second kappa shape index (κ2) is 8.31. The molecule has 3 N–H and O–H groups in total. The number of rotatable bonds is 3. The van der Waals surface area contributed by atoms with Crippen molar-refractivity contribution in [3.05, 3.63) is 41.9 Å². The van der Waals surface area contributed by atoms with Crippen LogP contribution < -0.4 is 11.1 Å². The number of anilines is 1. The lowest BCUT2D eigenvalue weighted by Gasteiger charge is -2.18. The van der Waals surface area contributed by atoms with E-state index >= 15 is 0 Å². The predicted molar refractivity (Wildman–Crippen MR) is 108 cm³/mol. The number of amidine groups is 1. The fourth-order valence-electron chi connectivity index (χ4n) is 2.99. The normalized spacial score (nSPS) is 16.4. The van der Waals surface area contributed by atoms with Gasteiger partial charge in [0.25, 0.3) is 0 Å². The lowest BCUT2D eigenvalue weighted by atomic mass is 10.1. The molecule has 0 radical (unpaired) electrons. The van der Waals surface area contributed by atoms with Crippen molar-refractivity contribution in [2.24, 2.45) is 15.7 Å². The molecule has 3 aromatic rings. The third kappa shape index (κ3) is 4.62. The van der Waals surface area contributed by atoms with E-state index in [0.717, 1.165) is 18.6 Å². The molecule has 1 aliphatic rings. The van der Waals surface area contributed by atoms with Gasteiger partial charge in [0.05, 0.1) is 35.8 Å². The molecule has 1 unspecified atom stereocenters. The molecule has 0 saturated carbocycles. The number of hydrogen-bond acceptors (Lipinski definition) is 8. The van der Waals surface area contributed by atoms with E-state index in [2.05, 4.69) is 35.2 Å². The molecule has 15 heteroatoms. The molecule has 0 fully saturated rings. The first-order valence-electron chi connectivity index (χ1n) is 9.34. The van der Waals surface area contributed by atoms with E-state index in [4.69, 9.17) is 5.73 Å². The number of carbonyl (C=O) groups is 1. The van der Waals surface area contributed by atoms with Crippen LogP contribution in [0.25, 0.3) is 22.6 Å². The first-order chi connectivity index (χ1) is 15.9. The number of nitrogens with one attached hydrogen (secondary N) is 1. The molecule has 1 amide bonds. The smallest absolute Gasteiger partial charge is 0.366 e. The SMILES string of the molecule is NC(=O)c1cnc(-c2cnc3c(NC4=NCC(C(F)(F)F)N=C4)ccnc3n2)c(C(F)(F)F)c1. The molecule has 9 nitrogen and oxygen atoms in total. The van der Waals surface area contributed by atoms with Crippen molar-refractivity contribution in [1.82, 2.24) is 19.9 Å². The van der Waals surface area contributed by atoms with Crippen LogP contribution in [0.5, 0.6) is 0 Å². The topological polar surface area (TPSA) is 131 Å². The molecule has 0 bridgehead atoms. The zero-order valence-corrected chi connectivity index (χ0v) is 16.7. The first kappa shape index (κ1) is 23.0. The Bertz CT molecular complexity index is 1330. The lowest BCUT2D eigenvalue weighted by molar-refractivity contribution is -0.144. The quantitative estimate of drug-likeness (QED) is 0.552. The van der Waals surface area contributed by atoms with E-state index < -0.39 is 47.7 Å². The molecule has 0 spiro atoms. The van der Waals surface area contributed by atoms with Crippen LogP contribution in [0.4, 0.5) is 32.0 Å². The van der Waals surface area contributed by atoms with Crippen molar-refractivity contribution in [2.45, 2.75) is 18.4 Å². The molecule has 176 valence electrons. The summed E-state index contributed by atoms with van der Waals surface area (Å²) < 4.78 is 78.8. The number of amides is 1. The molecule has 3 aromatic heterocycles. The maximum atomic E-state index is 13.6. The fraction of sp³-hybridized carbons (Fsp3) is 0.211. The summed E-state index contributed by atoms with van der Waals surface area (Å²) in [7, 11) is 0. The summed E-state index contributed by atoms with van der Waals surface area (Å²) in [6.07, 6.45) is -5.28. The van der Waals surface area contributed by atoms with Crippen LogP contribution in [0, 0.1) is 0 Å². The van der Waals surface area contributed by atoms with Gasteiger partial charge in [-0.1, -0.05) is 0 Å². The molecular formula is C19H12F6N8O. The average Bonchev–Trinajstić information content (AvgIpc) is 2.77. The second-order valence-electron chi connectivity index (χ2n) is 6.95. The number of nitrogens with zero attached hydrogens (tertiary/aromatic N) is 6. The van der Waals surface area contributed by atoms with E-state index in [0.29, 0.717) is 6.07 Å². The van der Waals surface area contributed by atoms with Gasteiger partial charge in [0.15, 0.2) is 11.7 Å². The van der Waals surface area contributed by atoms with Crippen molar-refractivity contribution in [3.8, 4) is 11.4 Å². The number of pyridine rings is 2. The van der Waals surface area contributed by atoms with E-state index in [1.165, 1.54) is 12.3 Å². The third-order valence-electron chi connectivity index (χ3n) is 4.62. The van der Waals surface area contributed by atoms with E-state index in [1.807, 2.05) is 0 Å². The van der Waals surface area contributed by atoms with Crippen molar-refractivity contribution in [3.63, 3.8) is 0 Å². The number of alkyl halides is 6. The standard InChI is InChI=1S/C19H12F6N8O/c20-18(21,22)9-3-8(16(26)34)4-30-14(9)11-5-31-15-10(1-2-27-17(15)33-11)32-13-7-28-12(6-29-13)19(23,24)25/h1-5,7,12H,6H2,(H2,26,34)(H,27,29,32,33). The average molecular weight is 482 g/mol. The van der Waals surface area contributed by atoms with Gasteiger partial charge in [0.1, 0.15) is 22.7 Å². The summed E-state index contributed by atoms with van der Waals surface area (Å²) in [4.78, 5) is 34.3. The number of halogens is 6. The molecule has 1 aliphatic heterocycles. The highest BCUT2D eigenvalue weighted by Gasteiger charge is 2.40. The van der Waals surface area contributed by atoms with Crippen molar-refractivity contribution < 1.29 is 31.1 Å². The van der Waals surface area contributed by atoms with E-state index in [9.17, 15) is 31.1 Å². The molecule has 1 atom stereocenters. The van der Waals surface area contributed by atoms with Crippen LogP contribution in [-0.4, -0.2) is 56.7 Å². The Balaban J connectivity index is 1.68. The van der Waals surface area contributed by atoms with E-state index in [-0.39, 0.29) is 28.4 Å². The van der Waals surface area contributed by atoms with Crippen LogP contribution in [-0.2, 0) is 6.18 Å². The van der Waals surface area contributed by atoms with Gasteiger partial charge >= 0.3 is 12.4 Å². The maximum Gasteiger partial charge on any atom is 0.418 e. The van der Waals surface area contributed by atoms with Crippen LogP contribution in [0.15, 0.2) is 40.7 Å². The summed E-state index contributed by atoms with van der Waals surface area (Å²) in [6, 6.07) is 0.0616. The Labute approximate surface area is 185 Å². The van der Waals surface area contributed by atoms with Crippen molar-refractivity contribution >= 4 is 34.8 Å².